The van der Waals surface area contributed by atoms with Gasteiger partial charge in [0.25, 0.3) is 0 Å². The van der Waals surface area contributed by atoms with Crippen LogP contribution in [0.15, 0.2) is 0 Å². The molecular formula is C7H12N2O3. The molecule has 2 fully saturated rings. The summed E-state index contributed by atoms with van der Waals surface area (Å²) >= 11 is 0. The molecule has 12 heavy (non-hydrogen) atoms. The summed E-state index contributed by atoms with van der Waals surface area (Å²) in [5.74, 6) is 0. The third-order valence-corrected chi connectivity index (χ3v) is 2.86. The van der Waals surface area contributed by atoms with Crippen LogP contribution in [-0.2, 0) is 0 Å². The highest BCUT2D eigenvalue weighted by atomic mass is 16.7. The van der Waals surface area contributed by atoms with Crippen molar-refractivity contribution in [2.45, 2.75) is 43.9 Å². The molecule has 0 aliphatic carbocycles. The van der Waals surface area contributed by atoms with Crippen LogP contribution in [0, 0.1) is 10.1 Å². The summed E-state index contributed by atoms with van der Waals surface area (Å²) in [6.07, 6.45) is 2.54. The van der Waals surface area contributed by atoms with Crippen molar-refractivity contribution in [2.75, 3.05) is 0 Å². The van der Waals surface area contributed by atoms with Gasteiger partial charge in [-0.05, 0) is 25.7 Å². The zero-order valence-electron chi connectivity index (χ0n) is 6.72. The van der Waals surface area contributed by atoms with Crippen LogP contribution in [0.4, 0.5) is 0 Å². The second-order valence-corrected chi connectivity index (χ2v) is 3.63. The summed E-state index contributed by atoms with van der Waals surface area (Å²) in [4.78, 5) is 10.6. The van der Waals surface area contributed by atoms with E-state index in [1.165, 1.54) is 5.01 Å². The van der Waals surface area contributed by atoms with E-state index in [0.29, 0.717) is 12.8 Å². The van der Waals surface area contributed by atoms with E-state index in [-0.39, 0.29) is 23.2 Å². The summed E-state index contributed by atoms with van der Waals surface area (Å²) in [6.45, 7) is 0. The Hall–Kier alpha value is -0.840. The van der Waals surface area contributed by atoms with E-state index in [9.17, 15) is 15.2 Å². The van der Waals surface area contributed by atoms with Crippen LogP contribution >= 0.6 is 0 Å². The maximum Gasteiger partial charge on any atom is 0.160 e. The molecule has 0 amide bonds. The Morgan fingerprint density at radius 3 is 2.25 bits per heavy atom. The van der Waals surface area contributed by atoms with Crippen LogP contribution < -0.4 is 0 Å². The van der Waals surface area contributed by atoms with E-state index in [1.54, 1.807) is 0 Å². The van der Waals surface area contributed by atoms with Gasteiger partial charge < -0.3 is 5.11 Å². The van der Waals surface area contributed by atoms with E-state index in [2.05, 4.69) is 0 Å². The summed E-state index contributed by atoms with van der Waals surface area (Å²) in [5, 5.41) is 20.9. The first-order chi connectivity index (χ1) is 5.68. The first-order valence-electron chi connectivity index (χ1n) is 4.29. The Morgan fingerprint density at radius 1 is 1.33 bits per heavy atom. The van der Waals surface area contributed by atoms with Crippen molar-refractivity contribution < 1.29 is 10.1 Å². The molecule has 5 heteroatoms. The Labute approximate surface area is 70.1 Å². The minimum atomic E-state index is -0.321. The number of aliphatic hydroxyl groups excluding tert-OH is 1. The molecule has 0 aromatic rings. The fraction of sp³-hybridized carbons (Fsp3) is 1.00. The van der Waals surface area contributed by atoms with Gasteiger partial charge in [0.05, 0.1) is 18.2 Å². The molecule has 1 N–H and O–H groups in total. The van der Waals surface area contributed by atoms with Crippen LogP contribution in [0.2, 0.25) is 0 Å². The second-order valence-electron chi connectivity index (χ2n) is 3.63. The quantitative estimate of drug-likeness (QED) is 0.452. The first-order valence-corrected chi connectivity index (χ1v) is 4.29. The summed E-state index contributed by atoms with van der Waals surface area (Å²) in [6, 6.07) is -0.0394. The second kappa shape index (κ2) is 2.58. The fourth-order valence-electron chi connectivity index (χ4n) is 2.39. The highest BCUT2D eigenvalue weighted by Crippen LogP contribution is 2.35. The summed E-state index contributed by atoms with van der Waals surface area (Å²) in [5.41, 5.74) is 0. The lowest BCUT2D eigenvalue weighted by molar-refractivity contribution is -0.671. The Bertz CT molecular complexity index is 195. The smallest absolute Gasteiger partial charge is 0.160 e. The van der Waals surface area contributed by atoms with Crippen LogP contribution in [0.25, 0.3) is 0 Å². The molecule has 2 rings (SSSR count). The number of hydrazine groups is 1. The largest absolute Gasteiger partial charge is 0.393 e. The number of rotatable bonds is 1. The lowest BCUT2D eigenvalue weighted by atomic mass is 10.0. The number of hydrogen-bond donors (Lipinski definition) is 1. The molecule has 0 spiro atoms. The third-order valence-electron chi connectivity index (χ3n) is 2.86. The number of hydrogen-bond acceptors (Lipinski definition) is 3. The summed E-state index contributed by atoms with van der Waals surface area (Å²) < 4.78 is 0. The van der Waals surface area contributed by atoms with Crippen molar-refractivity contribution in [3.8, 4) is 0 Å². The van der Waals surface area contributed by atoms with Gasteiger partial charge in [-0.3, -0.25) is 0 Å². The van der Waals surface area contributed by atoms with Crippen molar-refractivity contribution >= 4 is 0 Å². The van der Waals surface area contributed by atoms with Gasteiger partial charge in [0, 0.05) is 0 Å². The molecule has 2 heterocycles. The van der Waals surface area contributed by atoms with E-state index in [1.807, 2.05) is 0 Å². The standard InChI is InChI=1S/C7H12N2O3/c10-7-3-5-1-2-6(4-7)8(5)9(11)12/h5-7,10H,1-4H2. The van der Waals surface area contributed by atoms with Crippen molar-refractivity contribution in [1.29, 1.82) is 0 Å². The zero-order valence-corrected chi connectivity index (χ0v) is 6.72. The Morgan fingerprint density at radius 2 is 1.83 bits per heavy atom. The van der Waals surface area contributed by atoms with Gasteiger partial charge in [-0.2, -0.15) is 0 Å². The molecule has 0 saturated carbocycles. The van der Waals surface area contributed by atoms with Crippen LogP contribution in [0.1, 0.15) is 25.7 Å². The molecule has 2 saturated heterocycles. The van der Waals surface area contributed by atoms with Crippen molar-refractivity contribution in [2.24, 2.45) is 0 Å². The van der Waals surface area contributed by atoms with Gasteiger partial charge >= 0.3 is 0 Å². The molecular weight excluding hydrogens is 160 g/mol. The lowest BCUT2D eigenvalue weighted by Crippen LogP contribution is -2.47. The predicted molar refractivity (Wildman–Crippen MR) is 40.9 cm³/mol. The molecule has 0 aromatic heterocycles. The molecule has 0 radical (unpaired) electrons. The normalized spacial score (nSPS) is 40.1. The van der Waals surface area contributed by atoms with E-state index < -0.39 is 0 Å². The Balaban J connectivity index is 2.14. The monoisotopic (exact) mass is 172 g/mol. The topological polar surface area (TPSA) is 66.6 Å². The average Bonchev–Trinajstić information content (AvgIpc) is 2.24. The third kappa shape index (κ3) is 1.04. The zero-order chi connectivity index (χ0) is 8.72. The number of piperidine rings is 1. The lowest BCUT2D eigenvalue weighted by Gasteiger charge is -2.30. The van der Waals surface area contributed by atoms with Crippen LogP contribution in [0.5, 0.6) is 0 Å². The van der Waals surface area contributed by atoms with Crippen molar-refractivity contribution in [1.82, 2.24) is 5.01 Å². The highest BCUT2D eigenvalue weighted by Gasteiger charge is 2.46. The van der Waals surface area contributed by atoms with Gasteiger partial charge in [0.2, 0.25) is 0 Å². The average molecular weight is 172 g/mol. The van der Waals surface area contributed by atoms with E-state index >= 15 is 0 Å². The molecule has 0 aromatic carbocycles. The molecule has 68 valence electrons. The number of aliphatic hydroxyl groups is 1. The predicted octanol–water partition coefficient (Wildman–Crippen LogP) is 0.166. The van der Waals surface area contributed by atoms with E-state index in [0.717, 1.165) is 12.8 Å². The number of nitro groups is 1. The maximum atomic E-state index is 10.6. The molecule has 2 aliphatic rings. The van der Waals surface area contributed by atoms with E-state index in [4.69, 9.17) is 0 Å². The number of fused-ring (bicyclic) bond motifs is 2. The van der Waals surface area contributed by atoms with Gasteiger partial charge in [0.15, 0.2) is 5.03 Å². The van der Waals surface area contributed by atoms with Crippen molar-refractivity contribution in [3.63, 3.8) is 0 Å². The molecule has 2 aliphatic heterocycles. The fourth-order valence-corrected chi connectivity index (χ4v) is 2.39. The highest BCUT2D eigenvalue weighted by molar-refractivity contribution is 4.91. The molecule has 5 nitrogen and oxygen atoms in total. The minimum absolute atomic E-state index is 0.0197. The molecule has 2 unspecified atom stereocenters. The molecule has 2 bridgehead atoms. The first kappa shape index (κ1) is 7.79. The SMILES string of the molecule is O=[N+]([O-])N1C2CCC1CC(O)C2. The van der Waals surface area contributed by atoms with Gasteiger partial charge in [-0.15, -0.1) is 5.01 Å². The van der Waals surface area contributed by atoms with Gasteiger partial charge in [-0.25, -0.2) is 10.1 Å². The van der Waals surface area contributed by atoms with Crippen molar-refractivity contribution in [3.05, 3.63) is 10.1 Å². The molecule has 2 atom stereocenters. The minimum Gasteiger partial charge on any atom is -0.393 e. The number of nitrogens with zero attached hydrogens (tertiary/aromatic N) is 2. The van der Waals surface area contributed by atoms with Gasteiger partial charge in [0.1, 0.15) is 0 Å². The van der Waals surface area contributed by atoms with Gasteiger partial charge in [-0.1, -0.05) is 0 Å². The van der Waals surface area contributed by atoms with Crippen LogP contribution in [-0.4, -0.2) is 33.3 Å². The Kier molecular flexibility index (Phi) is 1.68. The van der Waals surface area contributed by atoms with Crippen LogP contribution in [0.3, 0.4) is 0 Å². The maximum absolute atomic E-state index is 10.6. The summed E-state index contributed by atoms with van der Waals surface area (Å²) in [7, 11) is 0.